The van der Waals surface area contributed by atoms with Gasteiger partial charge in [0.1, 0.15) is 18.1 Å². The number of pyridine rings is 1. The van der Waals surface area contributed by atoms with E-state index in [0.29, 0.717) is 45.9 Å². The average Bonchev–Trinajstić information content (AvgIpc) is 3.72. The minimum absolute atomic E-state index is 0.0164. The molecule has 13 heteroatoms. The van der Waals surface area contributed by atoms with Crippen LogP contribution in [0.15, 0.2) is 87.9 Å². The predicted octanol–water partition coefficient (Wildman–Crippen LogP) is 5.66. The molecule has 0 bridgehead atoms. The van der Waals surface area contributed by atoms with Crippen molar-refractivity contribution in [2.24, 2.45) is 10.7 Å². The molecule has 3 aromatic heterocycles. The number of benzene rings is 2. The fraction of sp³-hybridized carbons (Fsp3) is 0.270. The predicted molar refractivity (Wildman–Crippen MR) is 188 cm³/mol. The maximum atomic E-state index is 13.8. The molecule has 0 saturated heterocycles. The second-order valence-corrected chi connectivity index (χ2v) is 11.1. The number of allylic oxidation sites excluding steroid dienone is 2. The molecule has 0 radical (unpaired) electrons. The second-order valence-electron chi connectivity index (χ2n) is 11.1. The van der Waals surface area contributed by atoms with E-state index in [1.807, 2.05) is 50.2 Å². The SMILES string of the molecule is CCN=C(/C(OCc1ccccc1)=C(/C)N)c1nc(-n2cc(C(=O)NCc3ccc(OC)cc3OC)c3cc(C)ncc32)c(C(=O)OCC)o1. The van der Waals surface area contributed by atoms with Gasteiger partial charge in [0.25, 0.3) is 17.6 Å². The highest BCUT2D eigenvalue weighted by molar-refractivity contribution is 6.10. The molecular formula is C37H40N6O7. The number of oxazole rings is 1. The fourth-order valence-electron chi connectivity index (χ4n) is 5.25. The van der Waals surface area contributed by atoms with Crippen LogP contribution in [0.3, 0.4) is 0 Å². The largest absolute Gasteiger partial charge is 0.497 e. The minimum atomic E-state index is -0.753. The van der Waals surface area contributed by atoms with Crippen molar-refractivity contribution in [1.82, 2.24) is 19.9 Å². The number of carbonyl (C=O) groups is 2. The maximum Gasteiger partial charge on any atom is 0.378 e. The zero-order valence-electron chi connectivity index (χ0n) is 28.9. The number of nitrogens with zero attached hydrogens (tertiary/aromatic N) is 4. The quantitative estimate of drug-likeness (QED) is 0.0849. The van der Waals surface area contributed by atoms with Crippen molar-refractivity contribution in [3.8, 4) is 17.3 Å². The molecule has 0 aliphatic carbocycles. The smallest absolute Gasteiger partial charge is 0.378 e. The standard InChI is InChI=1S/C37H40N6O7/c1-7-39-31(32(23(4)38)49-21-24-12-10-9-11-13-24)36-42-34(33(50-36)37(45)48-8-2)43-20-28(27-16-22(3)40-19-29(27)43)35(44)41-18-25-14-15-26(46-5)17-30(25)47-6/h9-17,19-20H,7-8,18,21,38H2,1-6H3,(H,41,44)/b32-23+,39-31?. The van der Waals surface area contributed by atoms with Crippen LogP contribution < -0.4 is 20.5 Å². The van der Waals surface area contributed by atoms with Gasteiger partial charge in [-0.15, -0.1) is 0 Å². The number of carbonyl (C=O) groups excluding carboxylic acids is 2. The van der Waals surface area contributed by atoms with Gasteiger partial charge >= 0.3 is 5.97 Å². The number of ether oxygens (including phenoxy) is 4. The van der Waals surface area contributed by atoms with E-state index in [9.17, 15) is 9.59 Å². The molecule has 0 unspecified atom stereocenters. The van der Waals surface area contributed by atoms with Crippen molar-refractivity contribution >= 4 is 28.5 Å². The Morgan fingerprint density at radius 1 is 1.04 bits per heavy atom. The van der Waals surface area contributed by atoms with Gasteiger partial charge in [0.05, 0.1) is 43.8 Å². The zero-order chi connectivity index (χ0) is 35.8. The first-order chi connectivity index (χ1) is 24.2. The van der Waals surface area contributed by atoms with Crippen LogP contribution >= 0.6 is 0 Å². The van der Waals surface area contributed by atoms with Crippen LogP contribution in [0.2, 0.25) is 0 Å². The molecule has 5 rings (SSSR count). The summed E-state index contributed by atoms with van der Waals surface area (Å²) in [7, 11) is 3.12. The van der Waals surface area contributed by atoms with Gasteiger partial charge in [-0.1, -0.05) is 30.3 Å². The van der Waals surface area contributed by atoms with Crippen LogP contribution in [0.5, 0.6) is 11.5 Å². The van der Waals surface area contributed by atoms with Crippen LogP contribution in [0.25, 0.3) is 16.7 Å². The molecule has 1 amide bonds. The fourth-order valence-corrected chi connectivity index (χ4v) is 5.25. The number of methoxy groups -OCH3 is 2. The van der Waals surface area contributed by atoms with Crippen LogP contribution in [0, 0.1) is 6.92 Å². The number of aromatic nitrogens is 3. The Hall–Kier alpha value is -6.11. The number of rotatable bonds is 14. The Bertz CT molecular complexity index is 2060. The monoisotopic (exact) mass is 680 g/mol. The van der Waals surface area contributed by atoms with E-state index in [4.69, 9.17) is 34.1 Å². The van der Waals surface area contributed by atoms with Crippen molar-refractivity contribution < 1.29 is 33.0 Å². The topological polar surface area (TPSA) is 165 Å². The number of nitrogens with one attached hydrogen (secondary N) is 1. The van der Waals surface area contributed by atoms with Crippen LogP contribution in [0.1, 0.15) is 64.4 Å². The van der Waals surface area contributed by atoms with E-state index in [2.05, 4.69) is 15.3 Å². The van der Waals surface area contributed by atoms with Crippen LogP contribution in [-0.2, 0) is 22.6 Å². The van der Waals surface area contributed by atoms with Gasteiger partial charge < -0.3 is 34.4 Å². The normalized spacial score (nSPS) is 12.0. The molecule has 13 nitrogen and oxygen atoms in total. The first-order valence-corrected chi connectivity index (χ1v) is 16.0. The van der Waals surface area contributed by atoms with Crippen molar-refractivity contribution in [1.29, 1.82) is 0 Å². The molecule has 3 N–H and O–H groups in total. The third-order valence-corrected chi connectivity index (χ3v) is 7.62. The summed E-state index contributed by atoms with van der Waals surface area (Å²) in [6.07, 6.45) is 3.20. The molecule has 260 valence electrons. The molecule has 0 saturated carbocycles. The number of aliphatic imine (C=N–C) groups is 1. The summed E-state index contributed by atoms with van der Waals surface area (Å²) in [6, 6.07) is 16.7. The highest BCUT2D eigenvalue weighted by atomic mass is 16.5. The van der Waals surface area contributed by atoms with E-state index < -0.39 is 5.97 Å². The number of nitrogens with two attached hydrogens (primary N) is 1. The molecule has 2 aromatic carbocycles. The zero-order valence-corrected chi connectivity index (χ0v) is 28.9. The van der Waals surface area contributed by atoms with Crippen molar-refractivity contribution in [3.05, 3.63) is 112 Å². The van der Waals surface area contributed by atoms with E-state index in [-0.39, 0.29) is 54.6 Å². The van der Waals surface area contributed by atoms with Gasteiger partial charge in [0, 0.05) is 42.0 Å². The number of hydrogen-bond acceptors (Lipinski definition) is 11. The van der Waals surface area contributed by atoms with Crippen molar-refractivity contribution in [2.75, 3.05) is 27.4 Å². The van der Waals surface area contributed by atoms with Crippen LogP contribution in [-0.4, -0.2) is 59.5 Å². The Labute approximate surface area is 289 Å². The summed E-state index contributed by atoms with van der Waals surface area (Å²) < 4.78 is 30.0. The summed E-state index contributed by atoms with van der Waals surface area (Å²) in [5, 5.41) is 3.56. The van der Waals surface area contributed by atoms with Crippen molar-refractivity contribution in [2.45, 2.75) is 40.8 Å². The lowest BCUT2D eigenvalue weighted by molar-refractivity contribution is 0.0489. The average molecular weight is 681 g/mol. The lowest BCUT2D eigenvalue weighted by Gasteiger charge is -2.13. The van der Waals surface area contributed by atoms with Gasteiger partial charge in [-0.25, -0.2) is 4.79 Å². The Morgan fingerprint density at radius 3 is 2.50 bits per heavy atom. The number of aryl methyl sites for hydroxylation is 1. The van der Waals surface area contributed by atoms with Gasteiger partial charge in [-0.3, -0.25) is 19.3 Å². The van der Waals surface area contributed by atoms with E-state index in [1.54, 1.807) is 63.2 Å². The summed E-state index contributed by atoms with van der Waals surface area (Å²) >= 11 is 0. The van der Waals surface area contributed by atoms with Gasteiger partial charge in [0.15, 0.2) is 17.3 Å². The minimum Gasteiger partial charge on any atom is -0.497 e. The second kappa shape index (κ2) is 15.9. The molecule has 0 fully saturated rings. The summed E-state index contributed by atoms with van der Waals surface area (Å²) in [5.74, 6) is 0.189. The van der Waals surface area contributed by atoms with Gasteiger partial charge in [-0.05, 0) is 51.5 Å². The molecular weight excluding hydrogens is 640 g/mol. The highest BCUT2D eigenvalue weighted by Crippen LogP contribution is 2.30. The van der Waals surface area contributed by atoms with E-state index in [1.165, 1.54) is 0 Å². The molecule has 3 heterocycles. The maximum absolute atomic E-state index is 13.8. The van der Waals surface area contributed by atoms with Crippen molar-refractivity contribution in [3.63, 3.8) is 0 Å². The third-order valence-electron chi connectivity index (χ3n) is 7.62. The highest BCUT2D eigenvalue weighted by Gasteiger charge is 2.30. The Morgan fingerprint density at radius 2 is 1.82 bits per heavy atom. The van der Waals surface area contributed by atoms with Gasteiger partial charge in [0.2, 0.25) is 0 Å². The summed E-state index contributed by atoms with van der Waals surface area (Å²) in [5.41, 5.74) is 10.1. The number of hydrogen-bond donors (Lipinski definition) is 2. The summed E-state index contributed by atoms with van der Waals surface area (Å²) in [6.45, 7) is 7.85. The molecule has 0 aliphatic rings. The Kier molecular flexibility index (Phi) is 11.2. The first-order valence-electron chi connectivity index (χ1n) is 16.0. The van der Waals surface area contributed by atoms with E-state index in [0.717, 1.165) is 11.1 Å². The van der Waals surface area contributed by atoms with Crippen LogP contribution in [0.4, 0.5) is 0 Å². The lowest BCUT2D eigenvalue weighted by atomic mass is 10.1. The molecule has 50 heavy (non-hydrogen) atoms. The summed E-state index contributed by atoms with van der Waals surface area (Å²) in [4.78, 5) is 40.9. The molecule has 5 aromatic rings. The number of fused-ring (bicyclic) bond motifs is 1. The molecule has 0 spiro atoms. The third kappa shape index (κ3) is 7.62. The Balaban J connectivity index is 1.58. The molecule has 0 aliphatic heterocycles. The number of amides is 1. The molecule has 0 atom stereocenters. The van der Waals surface area contributed by atoms with E-state index >= 15 is 0 Å². The first kappa shape index (κ1) is 35.2. The van der Waals surface area contributed by atoms with Gasteiger partial charge in [-0.2, -0.15) is 4.98 Å². The number of esters is 1. The lowest BCUT2D eigenvalue weighted by Crippen LogP contribution is -2.23.